The molecule has 0 radical (unpaired) electrons. The Bertz CT molecular complexity index is 1610. The van der Waals surface area contributed by atoms with Crippen LogP contribution in [0.5, 0.6) is 0 Å². The van der Waals surface area contributed by atoms with Gasteiger partial charge in [-0.25, -0.2) is 4.58 Å². The van der Waals surface area contributed by atoms with Crippen molar-refractivity contribution in [3.63, 3.8) is 0 Å². The van der Waals surface area contributed by atoms with Crippen molar-refractivity contribution in [2.24, 2.45) is 0 Å². The Labute approximate surface area is 208 Å². The van der Waals surface area contributed by atoms with Crippen LogP contribution in [0.3, 0.4) is 0 Å². The van der Waals surface area contributed by atoms with Gasteiger partial charge in [0.05, 0.1) is 0 Å². The van der Waals surface area contributed by atoms with Crippen molar-refractivity contribution in [2.75, 3.05) is 31.1 Å². The lowest BCUT2D eigenvalue weighted by Crippen LogP contribution is -2.29. The topological polar surface area (TPSA) is 19.4 Å². The SMILES string of the molecule is CCN(CC)c1ccc2c(ccc3c(C(C)C)c4ccc5cc(=[N+](CC)CC)ccc5c4oc32)c1. The van der Waals surface area contributed by atoms with Gasteiger partial charge in [-0.15, -0.1) is 0 Å². The average Bonchev–Trinajstić information content (AvgIpc) is 2.88. The highest BCUT2D eigenvalue weighted by Crippen LogP contribution is 2.40. The van der Waals surface area contributed by atoms with Crippen molar-refractivity contribution in [3.05, 3.63) is 71.6 Å². The molecular formula is C32H37N2O+. The standard InChI is InChI=1S/C32H37N2O/c1-7-33(8-2)24-13-17-26-22(19-24)11-15-28-30(21(5)6)29-16-12-23-20-25(34(9-3)10-4)14-18-27(23)32(29)35-31(26)28/h11-21H,7-10H2,1-6H3/q+1. The Morgan fingerprint density at radius 3 is 1.77 bits per heavy atom. The number of nitrogens with zero attached hydrogens (tertiary/aromatic N) is 2. The number of rotatable bonds is 6. The lowest BCUT2D eigenvalue weighted by Gasteiger charge is -2.22. The van der Waals surface area contributed by atoms with Crippen LogP contribution in [0.1, 0.15) is 53.0 Å². The highest BCUT2D eigenvalue weighted by Gasteiger charge is 2.17. The molecular weight excluding hydrogens is 428 g/mol. The molecule has 0 aliphatic rings. The van der Waals surface area contributed by atoms with Crippen LogP contribution < -0.4 is 14.8 Å². The van der Waals surface area contributed by atoms with E-state index in [0.717, 1.165) is 37.3 Å². The van der Waals surface area contributed by atoms with Crippen LogP contribution >= 0.6 is 0 Å². The minimum absolute atomic E-state index is 0.385. The van der Waals surface area contributed by atoms with Gasteiger partial charge in [0, 0.05) is 52.5 Å². The number of hydrogen-bond acceptors (Lipinski definition) is 2. The third-order valence-electron chi connectivity index (χ3n) is 7.53. The van der Waals surface area contributed by atoms with E-state index in [1.807, 2.05) is 0 Å². The summed E-state index contributed by atoms with van der Waals surface area (Å²) < 4.78 is 9.23. The third-order valence-corrected chi connectivity index (χ3v) is 7.53. The number of anilines is 1. The van der Waals surface area contributed by atoms with E-state index in [2.05, 4.69) is 112 Å². The maximum Gasteiger partial charge on any atom is 0.200 e. The van der Waals surface area contributed by atoms with Gasteiger partial charge in [0.2, 0.25) is 5.36 Å². The van der Waals surface area contributed by atoms with Crippen molar-refractivity contribution >= 4 is 49.2 Å². The molecule has 0 aliphatic heterocycles. The van der Waals surface area contributed by atoms with Crippen LogP contribution in [0.2, 0.25) is 0 Å². The number of fused-ring (bicyclic) bond motifs is 6. The number of benzene rings is 4. The summed E-state index contributed by atoms with van der Waals surface area (Å²) in [5.74, 6) is 0.385. The molecule has 0 aliphatic carbocycles. The Morgan fingerprint density at radius 1 is 0.686 bits per heavy atom. The van der Waals surface area contributed by atoms with E-state index < -0.39 is 0 Å². The van der Waals surface area contributed by atoms with Crippen molar-refractivity contribution in [2.45, 2.75) is 47.5 Å². The molecule has 0 N–H and O–H groups in total. The van der Waals surface area contributed by atoms with Gasteiger partial charge in [0.25, 0.3) is 0 Å². The normalized spacial score (nSPS) is 11.9. The summed E-state index contributed by atoms with van der Waals surface area (Å²) in [5, 5.41) is 8.51. The quantitative estimate of drug-likeness (QED) is 0.146. The first-order valence-corrected chi connectivity index (χ1v) is 13.2. The molecule has 35 heavy (non-hydrogen) atoms. The summed E-state index contributed by atoms with van der Waals surface area (Å²) in [6.45, 7) is 17.4. The second-order valence-electron chi connectivity index (χ2n) is 9.71. The molecule has 4 aromatic carbocycles. The Balaban J connectivity index is 1.87. The molecule has 5 aromatic rings. The van der Waals surface area contributed by atoms with Crippen molar-refractivity contribution in [1.82, 2.24) is 4.58 Å². The van der Waals surface area contributed by atoms with E-state index >= 15 is 0 Å². The van der Waals surface area contributed by atoms with Crippen LogP contribution in [0.15, 0.2) is 65.1 Å². The minimum atomic E-state index is 0.385. The molecule has 180 valence electrons. The van der Waals surface area contributed by atoms with Crippen LogP contribution in [0.25, 0.3) is 43.5 Å². The summed E-state index contributed by atoms with van der Waals surface area (Å²) in [6.07, 6.45) is 0. The van der Waals surface area contributed by atoms with Gasteiger partial charge in [-0.1, -0.05) is 38.1 Å². The molecule has 0 saturated carbocycles. The second kappa shape index (κ2) is 9.37. The lowest BCUT2D eigenvalue weighted by molar-refractivity contribution is 0.627. The molecule has 0 bridgehead atoms. The monoisotopic (exact) mass is 465 g/mol. The first-order valence-electron chi connectivity index (χ1n) is 13.2. The molecule has 0 atom stereocenters. The molecule has 0 unspecified atom stereocenters. The van der Waals surface area contributed by atoms with E-state index in [1.54, 1.807) is 0 Å². The first kappa shape index (κ1) is 23.4. The Morgan fingerprint density at radius 2 is 1.23 bits per heavy atom. The fourth-order valence-corrected chi connectivity index (χ4v) is 5.66. The van der Waals surface area contributed by atoms with E-state index in [-0.39, 0.29) is 0 Å². The highest BCUT2D eigenvalue weighted by molar-refractivity contribution is 6.13. The lowest BCUT2D eigenvalue weighted by atomic mass is 9.92. The molecule has 0 amide bonds. The van der Waals surface area contributed by atoms with E-state index in [4.69, 9.17) is 4.42 Å². The van der Waals surface area contributed by atoms with Crippen LogP contribution in [0.4, 0.5) is 5.69 Å². The van der Waals surface area contributed by atoms with E-state index in [9.17, 15) is 0 Å². The van der Waals surface area contributed by atoms with Crippen molar-refractivity contribution < 1.29 is 4.42 Å². The van der Waals surface area contributed by atoms with Gasteiger partial charge < -0.3 is 9.32 Å². The van der Waals surface area contributed by atoms with Gasteiger partial charge in [-0.05, 0) is 74.2 Å². The van der Waals surface area contributed by atoms with Gasteiger partial charge in [-0.2, -0.15) is 0 Å². The summed E-state index contributed by atoms with van der Waals surface area (Å²) in [7, 11) is 0. The molecule has 0 fully saturated rings. The maximum absolute atomic E-state index is 6.84. The second-order valence-corrected chi connectivity index (χ2v) is 9.71. The molecule has 1 heterocycles. The Hall–Kier alpha value is -3.33. The van der Waals surface area contributed by atoms with Gasteiger partial charge in [0.15, 0.2) is 0 Å². The van der Waals surface area contributed by atoms with Gasteiger partial charge >= 0.3 is 0 Å². The van der Waals surface area contributed by atoms with Crippen LogP contribution in [0, 0.1) is 0 Å². The largest absolute Gasteiger partial charge is 0.455 e. The third kappa shape index (κ3) is 3.87. The van der Waals surface area contributed by atoms with E-state index in [0.29, 0.717) is 5.92 Å². The van der Waals surface area contributed by atoms with Gasteiger partial charge in [0.1, 0.15) is 24.3 Å². The van der Waals surface area contributed by atoms with E-state index in [1.165, 1.54) is 48.9 Å². The molecule has 1 aromatic heterocycles. The summed E-state index contributed by atoms with van der Waals surface area (Å²) in [5.41, 5.74) is 4.61. The van der Waals surface area contributed by atoms with Crippen LogP contribution in [-0.4, -0.2) is 26.2 Å². The summed E-state index contributed by atoms with van der Waals surface area (Å²) >= 11 is 0. The molecule has 0 saturated heterocycles. The zero-order chi connectivity index (χ0) is 24.7. The minimum Gasteiger partial charge on any atom is -0.455 e. The van der Waals surface area contributed by atoms with Crippen LogP contribution in [-0.2, 0) is 0 Å². The molecule has 3 heteroatoms. The molecule has 3 nitrogen and oxygen atoms in total. The predicted octanol–water partition coefficient (Wildman–Crippen LogP) is 7.67. The number of hydrogen-bond donors (Lipinski definition) is 0. The maximum atomic E-state index is 6.84. The highest BCUT2D eigenvalue weighted by atomic mass is 16.3. The summed E-state index contributed by atoms with van der Waals surface area (Å²) in [4.78, 5) is 2.39. The van der Waals surface area contributed by atoms with Gasteiger partial charge in [-0.3, -0.25) is 0 Å². The zero-order valence-electron chi connectivity index (χ0n) is 22.0. The predicted molar refractivity (Wildman–Crippen MR) is 153 cm³/mol. The fourth-order valence-electron chi connectivity index (χ4n) is 5.66. The zero-order valence-corrected chi connectivity index (χ0v) is 22.0. The average molecular weight is 466 g/mol. The first-order chi connectivity index (χ1) is 17.0. The molecule has 0 spiro atoms. The fraction of sp³-hybridized carbons (Fsp3) is 0.344. The van der Waals surface area contributed by atoms with Crippen molar-refractivity contribution in [1.29, 1.82) is 0 Å². The van der Waals surface area contributed by atoms with Crippen molar-refractivity contribution in [3.8, 4) is 0 Å². The molecule has 5 rings (SSSR count). The smallest absolute Gasteiger partial charge is 0.200 e. The Kier molecular flexibility index (Phi) is 6.27. The summed E-state index contributed by atoms with van der Waals surface area (Å²) in [6, 6.07) is 22.6.